The number of benzene rings is 1. The molecule has 1 amide bonds. The molecule has 0 N–H and O–H groups in total. The molecular weight excluding hydrogens is 302 g/mol. The van der Waals surface area contributed by atoms with Crippen LogP contribution in [0, 0.1) is 5.92 Å². The summed E-state index contributed by atoms with van der Waals surface area (Å²) in [5.74, 6) is 1.18. The lowest BCUT2D eigenvalue weighted by atomic mass is 9.94. The van der Waals surface area contributed by atoms with Crippen molar-refractivity contribution in [1.29, 1.82) is 0 Å². The number of ether oxygens (including phenoxy) is 1. The van der Waals surface area contributed by atoms with Crippen molar-refractivity contribution in [2.75, 3.05) is 33.8 Å². The molecule has 2 aromatic rings. The summed E-state index contributed by atoms with van der Waals surface area (Å²) in [6.07, 6.45) is 2.32. The molecule has 2 bridgehead atoms. The molecule has 3 aliphatic heterocycles. The number of para-hydroxylation sites is 1. The third-order valence-electron chi connectivity index (χ3n) is 5.29. The molecule has 3 fully saturated rings. The van der Waals surface area contributed by atoms with Crippen LogP contribution in [0.3, 0.4) is 0 Å². The number of carbonyl (C=O) groups is 1. The molecule has 3 aliphatic rings. The van der Waals surface area contributed by atoms with Crippen LogP contribution in [-0.2, 0) is 0 Å². The quantitative estimate of drug-likeness (QED) is 0.851. The highest BCUT2D eigenvalue weighted by Crippen LogP contribution is 2.30. The third kappa shape index (κ3) is 2.63. The van der Waals surface area contributed by atoms with Gasteiger partial charge in [-0.3, -0.25) is 4.79 Å². The minimum absolute atomic E-state index is 0.108. The average Bonchev–Trinajstić information content (AvgIpc) is 2.88. The minimum atomic E-state index is 0.108. The summed E-state index contributed by atoms with van der Waals surface area (Å²) in [6.45, 7) is 2.90. The smallest absolute Gasteiger partial charge is 0.255 e. The summed E-state index contributed by atoms with van der Waals surface area (Å²) < 4.78 is 5.31. The van der Waals surface area contributed by atoms with E-state index < -0.39 is 0 Å². The first kappa shape index (κ1) is 15.4. The Morgan fingerprint density at radius 1 is 1.21 bits per heavy atom. The van der Waals surface area contributed by atoms with Crippen molar-refractivity contribution in [2.24, 2.45) is 5.92 Å². The first-order chi connectivity index (χ1) is 11.7. The molecule has 24 heavy (non-hydrogen) atoms. The molecule has 0 unspecified atom stereocenters. The van der Waals surface area contributed by atoms with Gasteiger partial charge in [-0.1, -0.05) is 18.2 Å². The van der Waals surface area contributed by atoms with Crippen LogP contribution >= 0.6 is 0 Å². The van der Waals surface area contributed by atoms with E-state index in [9.17, 15) is 4.79 Å². The topological polar surface area (TPSA) is 45.7 Å². The van der Waals surface area contributed by atoms with Crippen LogP contribution in [0.1, 0.15) is 23.2 Å². The maximum Gasteiger partial charge on any atom is 0.255 e. The standard InChI is InChI=1S/C19H23N3O2/c1-21-10-13-7-8-14(12-21)22(11-13)19(23)16-9-18(24-2)20-17-6-4-3-5-15(16)17/h3-6,9,13-14H,7-8,10-12H2,1-2H3/t13-,14+/m1/s1. The van der Waals surface area contributed by atoms with Crippen molar-refractivity contribution in [1.82, 2.24) is 14.8 Å². The summed E-state index contributed by atoms with van der Waals surface area (Å²) in [6, 6.07) is 9.88. The van der Waals surface area contributed by atoms with Crippen LogP contribution in [0.15, 0.2) is 30.3 Å². The van der Waals surface area contributed by atoms with Gasteiger partial charge in [0.1, 0.15) is 0 Å². The van der Waals surface area contributed by atoms with Crippen LogP contribution < -0.4 is 4.74 Å². The molecule has 5 heteroatoms. The number of amides is 1. The van der Waals surface area contributed by atoms with Gasteiger partial charge in [0.25, 0.3) is 5.91 Å². The summed E-state index contributed by atoms with van der Waals surface area (Å²) >= 11 is 0. The molecule has 1 aromatic carbocycles. The predicted molar refractivity (Wildman–Crippen MR) is 93.3 cm³/mol. The van der Waals surface area contributed by atoms with Crippen LogP contribution in [0.25, 0.3) is 10.9 Å². The Hall–Kier alpha value is -2.14. The number of piperidine rings is 1. The van der Waals surface area contributed by atoms with Crippen molar-refractivity contribution in [3.05, 3.63) is 35.9 Å². The minimum Gasteiger partial charge on any atom is -0.481 e. The highest BCUT2D eigenvalue weighted by molar-refractivity contribution is 6.06. The highest BCUT2D eigenvalue weighted by atomic mass is 16.5. The summed E-state index contributed by atoms with van der Waals surface area (Å²) in [5, 5.41) is 0.900. The lowest BCUT2D eigenvalue weighted by Gasteiger charge is -2.36. The summed E-state index contributed by atoms with van der Waals surface area (Å²) in [4.78, 5) is 22.3. The van der Waals surface area contributed by atoms with E-state index in [1.807, 2.05) is 24.3 Å². The van der Waals surface area contributed by atoms with E-state index in [0.717, 1.165) is 37.0 Å². The van der Waals surface area contributed by atoms with Gasteiger partial charge in [-0.15, -0.1) is 0 Å². The van der Waals surface area contributed by atoms with Gasteiger partial charge in [-0.25, -0.2) is 4.98 Å². The molecule has 0 spiro atoms. The maximum atomic E-state index is 13.4. The molecule has 126 valence electrons. The lowest BCUT2D eigenvalue weighted by Crippen LogP contribution is -2.47. The lowest BCUT2D eigenvalue weighted by molar-refractivity contribution is 0.0588. The third-order valence-corrected chi connectivity index (χ3v) is 5.29. The van der Waals surface area contributed by atoms with Crippen molar-refractivity contribution in [2.45, 2.75) is 18.9 Å². The van der Waals surface area contributed by atoms with Gasteiger partial charge in [0.15, 0.2) is 0 Å². The second-order valence-corrected chi connectivity index (χ2v) is 7.01. The van der Waals surface area contributed by atoms with E-state index in [4.69, 9.17) is 4.74 Å². The highest BCUT2D eigenvalue weighted by Gasteiger charge is 2.36. The van der Waals surface area contributed by atoms with E-state index in [-0.39, 0.29) is 5.91 Å². The zero-order valence-electron chi connectivity index (χ0n) is 14.2. The second kappa shape index (κ2) is 6.06. The Labute approximate surface area is 142 Å². The predicted octanol–water partition coefficient (Wildman–Crippen LogP) is 2.41. The van der Waals surface area contributed by atoms with Crippen molar-refractivity contribution in [3.8, 4) is 5.88 Å². The Bertz CT molecular complexity index is 776. The van der Waals surface area contributed by atoms with E-state index in [2.05, 4.69) is 21.8 Å². The Morgan fingerprint density at radius 3 is 2.88 bits per heavy atom. The molecule has 1 aromatic heterocycles. The van der Waals surface area contributed by atoms with Gasteiger partial charge >= 0.3 is 0 Å². The van der Waals surface area contributed by atoms with E-state index in [0.29, 0.717) is 23.4 Å². The average molecular weight is 325 g/mol. The van der Waals surface area contributed by atoms with E-state index >= 15 is 0 Å². The number of aromatic nitrogens is 1. The van der Waals surface area contributed by atoms with E-state index in [1.54, 1.807) is 13.2 Å². The van der Waals surface area contributed by atoms with E-state index in [1.165, 1.54) is 6.42 Å². The van der Waals surface area contributed by atoms with Crippen molar-refractivity contribution >= 4 is 16.8 Å². The van der Waals surface area contributed by atoms with Crippen LogP contribution in [0.5, 0.6) is 5.88 Å². The fourth-order valence-corrected chi connectivity index (χ4v) is 4.15. The number of nitrogens with zero attached hydrogens (tertiary/aromatic N) is 3. The second-order valence-electron chi connectivity index (χ2n) is 7.01. The normalized spacial score (nSPS) is 24.2. The molecule has 0 radical (unpaired) electrons. The van der Waals surface area contributed by atoms with Crippen molar-refractivity contribution < 1.29 is 9.53 Å². The number of hydrogen-bond donors (Lipinski definition) is 0. The number of methoxy groups -OCH3 is 1. The first-order valence-corrected chi connectivity index (χ1v) is 8.59. The molecule has 3 saturated heterocycles. The number of fused-ring (bicyclic) bond motifs is 5. The molecule has 5 nitrogen and oxygen atoms in total. The molecule has 0 aliphatic carbocycles. The Morgan fingerprint density at radius 2 is 2.04 bits per heavy atom. The Kier molecular flexibility index (Phi) is 3.88. The number of hydrogen-bond acceptors (Lipinski definition) is 4. The van der Waals surface area contributed by atoms with Crippen LogP contribution in [-0.4, -0.2) is 60.5 Å². The van der Waals surface area contributed by atoms with Crippen LogP contribution in [0.2, 0.25) is 0 Å². The number of rotatable bonds is 2. The molecule has 2 atom stereocenters. The largest absolute Gasteiger partial charge is 0.481 e. The Balaban J connectivity index is 1.75. The maximum absolute atomic E-state index is 13.4. The van der Waals surface area contributed by atoms with Gasteiger partial charge in [0, 0.05) is 37.1 Å². The SMILES string of the molecule is COc1cc(C(=O)N2C[C@@H]3CC[C@H]2CN(C)C3)c2ccccc2n1. The number of pyridine rings is 1. The first-order valence-electron chi connectivity index (χ1n) is 8.59. The number of carbonyl (C=O) groups excluding carboxylic acids is 1. The zero-order chi connectivity index (χ0) is 16.7. The van der Waals surface area contributed by atoms with Crippen molar-refractivity contribution in [3.63, 3.8) is 0 Å². The molecular formula is C19H23N3O2. The number of likely N-dealkylation sites (N-methyl/N-ethyl adjacent to an activating group) is 1. The fourth-order valence-electron chi connectivity index (χ4n) is 4.15. The van der Waals surface area contributed by atoms with Crippen LogP contribution in [0.4, 0.5) is 0 Å². The zero-order valence-corrected chi connectivity index (χ0v) is 14.2. The molecule has 0 saturated carbocycles. The van der Waals surface area contributed by atoms with Gasteiger partial charge in [0.2, 0.25) is 5.88 Å². The summed E-state index contributed by atoms with van der Waals surface area (Å²) in [7, 11) is 3.75. The monoisotopic (exact) mass is 325 g/mol. The molecule has 5 rings (SSSR count). The van der Waals surface area contributed by atoms with Gasteiger partial charge in [-0.05, 0) is 31.9 Å². The summed E-state index contributed by atoms with van der Waals surface area (Å²) in [5.41, 5.74) is 1.50. The molecule has 4 heterocycles. The van der Waals surface area contributed by atoms with Gasteiger partial charge in [-0.2, -0.15) is 0 Å². The van der Waals surface area contributed by atoms with Gasteiger partial charge < -0.3 is 14.5 Å². The van der Waals surface area contributed by atoms with Gasteiger partial charge in [0.05, 0.1) is 18.2 Å². The fraction of sp³-hybridized carbons (Fsp3) is 0.474.